The Labute approximate surface area is 170 Å². The zero-order valence-electron chi connectivity index (χ0n) is 17.2. The van der Waals surface area contributed by atoms with Crippen molar-refractivity contribution in [3.8, 4) is 22.9 Å². The van der Waals surface area contributed by atoms with Crippen LogP contribution >= 0.6 is 0 Å². The Kier molecular flexibility index (Phi) is 7.97. The van der Waals surface area contributed by atoms with E-state index in [0.717, 1.165) is 41.7 Å². The lowest BCUT2D eigenvalue weighted by Gasteiger charge is -2.31. The van der Waals surface area contributed by atoms with Crippen LogP contribution in [0.25, 0.3) is 11.1 Å². The number of ether oxygens (including phenoxy) is 1. The fourth-order valence-electron chi connectivity index (χ4n) is 4.53. The molecule has 1 aliphatic carbocycles. The summed E-state index contributed by atoms with van der Waals surface area (Å²) < 4.78 is 6.00. The number of unbranched alkanes of at least 4 members (excludes halogenated alkanes) is 1. The third kappa shape index (κ3) is 5.86. The van der Waals surface area contributed by atoms with E-state index in [1.165, 1.54) is 51.4 Å². The third-order valence-corrected chi connectivity index (χ3v) is 6.18. The zero-order valence-corrected chi connectivity index (χ0v) is 17.2. The van der Waals surface area contributed by atoms with Gasteiger partial charge in [0, 0.05) is 0 Å². The first kappa shape index (κ1) is 20.5. The molecule has 0 aromatic heterocycles. The second-order valence-electron chi connectivity index (χ2n) is 8.15. The molecule has 0 saturated heterocycles. The Hall–Kier alpha value is -2.27. The maximum atomic E-state index is 8.91. The lowest BCUT2D eigenvalue weighted by Crippen LogP contribution is -2.20. The van der Waals surface area contributed by atoms with Gasteiger partial charge in [-0.25, -0.2) is 0 Å². The van der Waals surface area contributed by atoms with Crippen LogP contribution in [-0.4, -0.2) is 6.61 Å². The maximum Gasteiger partial charge on any atom is 0.119 e. The van der Waals surface area contributed by atoms with E-state index in [9.17, 15) is 0 Å². The largest absolute Gasteiger partial charge is 0.494 e. The normalized spacial score (nSPS) is 19.1. The Balaban J connectivity index is 1.44. The van der Waals surface area contributed by atoms with Gasteiger partial charge in [0.2, 0.25) is 0 Å². The molecule has 2 atom stereocenters. The predicted molar refractivity (Wildman–Crippen MR) is 116 cm³/mol. The van der Waals surface area contributed by atoms with Gasteiger partial charge in [0.1, 0.15) is 5.75 Å². The van der Waals surface area contributed by atoms with E-state index < -0.39 is 0 Å². The second-order valence-corrected chi connectivity index (χ2v) is 8.15. The van der Waals surface area contributed by atoms with E-state index >= 15 is 0 Å². The van der Waals surface area contributed by atoms with Crippen LogP contribution in [0.3, 0.4) is 0 Å². The van der Waals surface area contributed by atoms with Crippen molar-refractivity contribution >= 4 is 0 Å². The van der Waals surface area contributed by atoms with Gasteiger partial charge in [0.25, 0.3) is 0 Å². The quantitative estimate of drug-likeness (QED) is 0.428. The summed E-state index contributed by atoms with van der Waals surface area (Å²) in [5.74, 6) is 2.83. The van der Waals surface area contributed by atoms with E-state index in [-0.39, 0.29) is 0 Å². The first-order valence-electron chi connectivity index (χ1n) is 11.0. The van der Waals surface area contributed by atoms with Gasteiger partial charge in [-0.3, -0.25) is 0 Å². The third-order valence-electron chi connectivity index (χ3n) is 6.18. The molecule has 2 unspecified atom stereocenters. The van der Waals surface area contributed by atoms with Crippen LogP contribution in [0.2, 0.25) is 0 Å². The van der Waals surface area contributed by atoms with Crippen molar-refractivity contribution in [1.29, 1.82) is 5.26 Å². The average molecular weight is 376 g/mol. The number of hydrogen-bond donors (Lipinski definition) is 0. The number of rotatable bonds is 9. The summed E-state index contributed by atoms with van der Waals surface area (Å²) in [5.41, 5.74) is 2.97. The topological polar surface area (TPSA) is 33.0 Å². The number of nitrogens with zero attached hydrogens (tertiary/aromatic N) is 1. The van der Waals surface area contributed by atoms with Crippen LogP contribution in [0.4, 0.5) is 0 Å². The van der Waals surface area contributed by atoms with Gasteiger partial charge in [-0.2, -0.15) is 5.26 Å². The molecule has 3 rings (SSSR count). The SMILES string of the molecule is CCCCC1CCCCC1CCCOc1ccc(-c2ccc(C#N)cc2)cc1. The van der Waals surface area contributed by atoms with Crippen molar-refractivity contribution in [3.63, 3.8) is 0 Å². The standard InChI is InChI=1S/C26H33NO/c1-2-3-7-22-8-4-5-9-23(22)10-6-19-28-26-17-15-25(16-18-26)24-13-11-21(20-27)12-14-24/h11-18,22-23H,2-10,19H2,1H3. The van der Waals surface area contributed by atoms with Crippen LogP contribution in [0.1, 0.15) is 70.3 Å². The summed E-state index contributed by atoms with van der Waals surface area (Å²) in [7, 11) is 0. The summed E-state index contributed by atoms with van der Waals surface area (Å²) in [6, 6.07) is 18.2. The van der Waals surface area contributed by atoms with Crippen molar-refractivity contribution < 1.29 is 4.74 Å². The van der Waals surface area contributed by atoms with Gasteiger partial charge in [-0.1, -0.05) is 76.1 Å². The lowest BCUT2D eigenvalue weighted by atomic mass is 9.75. The van der Waals surface area contributed by atoms with Crippen LogP contribution < -0.4 is 4.74 Å². The highest BCUT2D eigenvalue weighted by atomic mass is 16.5. The van der Waals surface area contributed by atoms with Gasteiger partial charge in [0.15, 0.2) is 0 Å². The van der Waals surface area contributed by atoms with Crippen molar-refractivity contribution in [2.24, 2.45) is 11.8 Å². The van der Waals surface area contributed by atoms with Gasteiger partial charge in [0.05, 0.1) is 18.2 Å². The Morgan fingerprint density at radius 1 is 0.857 bits per heavy atom. The molecule has 2 nitrogen and oxygen atoms in total. The molecule has 1 aliphatic rings. The lowest BCUT2D eigenvalue weighted by molar-refractivity contribution is 0.191. The van der Waals surface area contributed by atoms with E-state index in [1.807, 2.05) is 24.3 Å². The fraction of sp³-hybridized carbons (Fsp3) is 0.500. The average Bonchev–Trinajstić information content (AvgIpc) is 2.76. The van der Waals surface area contributed by atoms with Crippen molar-refractivity contribution in [2.45, 2.75) is 64.7 Å². The minimum absolute atomic E-state index is 0.693. The molecule has 0 heterocycles. The molecular formula is C26H33NO. The molecular weight excluding hydrogens is 342 g/mol. The van der Waals surface area contributed by atoms with Gasteiger partial charge in [-0.15, -0.1) is 0 Å². The van der Waals surface area contributed by atoms with Gasteiger partial charge >= 0.3 is 0 Å². The van der Waals surface area contributed by atoms with Crippen LogP contribution in [0.5, 0.6) is 5.75 Å². The fourth-order valence-corrected chi connectivity index (χ4v) is 4.53. The summed E-state index contributed by atoms with van der Waals surface area (Å²) in [6.07, 6.45) is 12.4. The molecule has 148 valence electrons. The van der Waals surface area contributed by atoms with Crippen molar-refractivity contribution in [1.82, 2.24) is 0 Å². The van der Waals surface area contributed by atoms with Crippen LogP contribution in [0.15, 0.2) is 48.5 Å². The number of benzene rings is 2. The highest BCUT2D eigenvalue weighted by molar-refractivity contribution is 5.64. The van der Waals surface area contributed by atoms with Crippen molar-refractivity contribution in [2.75, 3.05) is 6.61 Å². The Bertz CT molecular complexity index is 741. The Morgan fingerprint density at radius 3 is 2.00 bits per heavy atom. The first-order valence-corrected chi connectivity index (χ1v) is 11.0. The molecule has 0 N–H and O–H groups in total. The molecule has 28 heavy (non-hydrogen) atoms. The molecule has 2 heteroatoms. The summed E-state index contributed by atoms with van der Waals surface area (Å²) in [6.45, 7) is 3.12. The summed E-state index contributed by atoms with van der Waals surface area (Å²) >= 11 is 0. The Morgan fingerprint density at radius 2 is 1.43 bits per heavy atom. The summed E-state index contributed by atoms with van der Waals surface area (Å²) in [5, 5.41) is 8.91. The molecule has 0 amide bonds. The molecule has 0 aliphatic heterocycles. The van der Waals surface area contributed by atoms with Crippen LogP contribution in [0, 0.1) is 23.2 Å². The number of nitriles is 1. The molecule has 0 spiro atoms. The summed E-state index contributed by atoms with van der Waals surface area (Å²) in [4.78, 5) is 0. The molecule has 2 aromatic rings. The zero-order chi connectivity index (χ0) is 19.6. The van der Waals surface area contributed by atoms with E-state index in [1.54, 1.807) is 0 Å². The predicted octanol–water partition coefficient (Wildman–Crippen LogP) is 7.38. The first-order chi connectivity index (χ1) is 13.8. The highest BCUT2D eigenvalue weighted by Crippen LogP contribution is 2.36. The molecule has 0 radical (unpaired) electrons. The monoisotopic (exact) mass is 375 g/mol. The van der Waals surface area contributed by atoms with Crippen LogP contribution in [-0.2, 0) is 0 Å². The van der Waals surface area contributed by atoms with Crippen molar-refractivity contribution in [3.05, 3.63) is 54.1 Å². The van der Waals surface area contributed by atoms with Gasteiger partial charge in [-0.05, 0) is 60.1 Å². The van der Waals surface area contributed by atoms with Gasteiger partial charge < -0.3 is 4.74 Å². The minimum Gasteiger partial charge on any atom is -0.494 e. The molecule has 0 bridgehead atoms. The molecule has 2 aromatic carbocycles. The maximum absolute atomic E-state index is 8.91. The smallest absolute Gasteiger partial charge is 0.119 e. The highest BCUT2D eigenvalue weighted by Gasteiger charge is 2.23. The van der Waals surface area contributed by atoms with E-state index in [2.05, 4.69) is 37.3 Å². The van der Waals surface area contributed by atoms with E-state index in [0.29, 0.717) is 5.56 Å². The number of hydrogen-bond acceptors (Lipinski definition) is 2. The second kappa shape index (κ2) is 10.9. The molecule has 1 saturated carbocycles. The molecule has 1 fully saturated rings. The minimum atomic E-state index is 0.693. The van der Waals surface area contributed by atoms with E-state index in [4.69, 9.17) is 10.00 Å².